The molecule has 1 heterocycles. The minimum Gasteiger partial charge on any atom is -0.312 e. The van der Waals surface area contributed by atoms with Crippen molar-refractivity contribution in [2.45, 2.75) is 33.2 Å². The monoisotopic (exact) mass is 170 g/mol. The van der Waals surface area contributed by atoms with E-state index in [0.717, 1.165) is 6.54 Å². The average Bonchev–Trinajstić information content (AvgIpc) is 2.20. The topological polar surface area (TPSA) is 15.3 Å². The molecule has 1 aliphatic rings. The van der Waals surface area contributed by atoms with Gasteiger partial charge >= 0.3 is 0 Å². The summed E-state index contributed by atoms with van der Waals surface area (Å²) in [5.74, 6) is 0. The largest absolute Gasteiger partial charge is 0.312 e. The highest BCUT2D eigenvalue weighted by molar-refractivity contribution is 4.94. The van der Waals surface area contributed by atoms with Crippen LogP contribution in [-0.2, 0) is 0 Å². The third-order valence-corrected chi connectivity index (χ3v) is 2.76. The van der Waals surface area contributed by atoms with Gasteiger partial charge in [0.25, 0.3) is 0 Å². The van der Waals surface area contributed by atoms with Crippen LogP contribution in [0.5, 0.6) is 0 Å². The van der Waals surface area contributed by atoms with Crippen molar-refractivity contribution in [3.05, 3.63) is 0 Å². The van der Waals surface area contributed by atoms with Crippen LogP contribution in [-0.4, -0.2) is 37.6 Å². The molecular weight excluding hydrogens is 148 g/mol. The summed E-state index contributed by atoms with van der Waals surface area (Å²) in [4.78, 5) is 2.41. The Labute approximate surface area is 76.3 Å². The van der Waals surface area contributed by atoms with Crippen LogP contribution in [0.4, 0.5) is 0 Å². The van der Waals surface area contributed by atoms with Crippen molar-refractivity contribution in [2.75, 3.05) is 26.7 Å². The van der Waals surface area contributed by atoms with E-state index in [1.807, 2.05) is 0 Å². The Balaban J connectivity index is 2.42. The van der Waals surface area contributed by atoms with Gasteiger partial charge in [-0.15, -0.1) is 0 Å². The molecule has 12 heavy (non-hydrogen) atoms. The average molecular weight is 170 g/mol. The Morgan fingerprint density at radius 1 is 1.50 bits per heavy atom. The summed E-state index contributed by atoms with van der Waals surface area (Å²) in [6, 6.07) is 0.683. The SMILES string of the molecule is CCCNC1CN(C)CC1(C)C. The molecule has 0 aromatic rings. The third-order valence-electron chi connectivity index (χ3n) is 2.76. The minimum absolute atomic E-state index is 0.448. The highest BCUT2D eigenvalue weighted by atomic mass is 15.2. The van der Waals surface area contributed by atoms with E-state index in [1.165, 1.54) is 19.5 Å². The van der Waals surface area contributed by atoms with Gasteiger partial charge in [0, 0.05) is 19.1 Å². The van der Waals surface area contributed by atoms with Gasteiger partial charge in [-0.05, 0) is 25.4 Å². The number of hydrogen-bond acceptors (Lipinski definition) is 2. The van der Waals surface area contributed by atoms with Crippen LogP contribution in [0.25, 0.3) is 0 Å². The van der Waals surface area contributed by atoms with E-state index in [4.69, 9.17) is 0 Å². The molecule has 1 aliphatic heterocycles. The summed E-state index contributed by atoms with van der Waals surface area (Å²) >= 11 is 0. The third kappa shape index (κ3) is 2.20. The first kappa shape index (κ1) is 10.0. The summed E-state index contributed by atoms with van der Waals surface area (Å²) in [7, 11) is 2.20. The van der Waals surface area contributed by atoms with Gasteiger partial charge in [0.2, 0.25) is 0 Å². The Kier molecular flexibility index (Phi) is 3.13. The maximum absolute atomic E-state index is 3.61. The second-order valence-electron chi connectivity index (χ2n) is 4.69. The summed E-state index contributed by atoms with van der Waals surface area (Å²) in [5.41, 5.74) is 0.448. The molecule has 0 bridgehead atoms. The van der Waals surface area contributed by atoms with Crippen molar-refractivity contribution in [1.29, 1.82) is 0 Å². The standard InChI is InChI=1S/C10H22N2/c1-5-6-11-9-7-12(4)8-10(9,2)3/h9,11H,5-8H2,1-4H3. The maximum atomic E-state index is 3.61. The van der Waals surface area contributed by atoms with E-state index >= 15 is 0 Å². The van der Waals surface area contributed by atoms with Gasteiger partial charge in [0.15, 0.2) is 0 Å². The highest BCUT2D eigenvalue weighted by Gasteiger charge is 2.36. The number of rotatable bonds is 3. The zero-order valence-corrected chi connectivity index (χ0v) is 8.85. The molecule has 0 spiro atoms. The molecule has 1 rings (SSSR count). The number of nitrogens with one attached hydrogen (secondary N) is 1. The first-order chi connectivity index (χ1) is 5.56. The molecule has 1 N–H and O–H groups in total. The predicted molar refractivity (Wildman–Crippen MR) is 53.4 cm³/mol. The molecule has 0 aromatic carbocycles. The molecule has 72 valence electrons. The molecule has 0 aromatic heterocycles. The van der Waals surface area contributed by atoms with Crippen molar-refractivity contribution in [1.82, 2.24) is 10.2 Å². The van der Waals surface area contributed by atoms with Gasteiger partial charge in [0.05, 0.1) is 0 Å². The van der Waals surface area contributed by atoms with E-state index in [0.29, 0.717) is 11.5 Å². The first-order valence-corrected chi connectivity index (χ1v) is 4.98. The summed E-state index contributed by atoms with van der Waals surface area (Å²) < 4.78 is 0. The molecule has 0 radical (unpaired) electrons. The van der Waals surface area contributed by atoms with Crippen LogP contribution in [0, 0.1) is 5.41 Å². The molecular formula is C10H22N2. The van der Waals surface area contributed by atoms with Crippen LogP contribution in [0.2, 0.25) is 0 Å². The fourth-order valence-corrected chi connectivity index (χ4v) is 2.09. The van der Waals surface area contributed by atoms with Crippen molar-refractivity contribution < 1.29 is 0 Å². The molecule has 2 heteroatoms. The van der Waals surface area contributed by atoms with Crippen LogP contribution in [0.3, 0.4) is 0 Å². The molecule has 1 saturated heterocycles. The van der Waals surface area contributed by atoms with Crippen LogP contribution in [0.1, 0.15) is 27.2 Å². The summed E-state index contributed by atoms with van der Waals surface area (Å²) in [5, 5.41) is 3.61. The Morgan fingerprint density at radius 2 is 2.17 bits per heavy atom. The number of likely N-dealkylation sites (tertiary alicyclic amines) is 1. The molecule has 1 fully saturated rings. The lowest BCUT2D eigenvalue weighted by Gasteiger charge is -2.26. The van der Waals surface area contributed by atoms with E-state index in [9.17, 15) is 0 Å². The smallest absolute Gasteiger partial charge is 0.0258 e. The second-order valence-corrected chi connectivity index (χ2v) is 4.69. The number of nitrogens with zero attached hydrogens (tertiary/aromatic N) is 1. The Hall–Kier alpha value is -0.0800. The Morgan fingerprint density at radius 3 is 2.58 bits per heavy atom. The van der Waals surface area contributed by atoms with E-state index in [2.05, 4.69) is 38.0 Å². The molecule has 1 unspecified atom stereocenters. The summed E-state index contributed by atoms with van der Waals surface area (Å²) in [6.45, 7) is 10.5. The van der Waals surface area contributed by atoms with Crippen molar-refractivity contribution in [2.24, 2.45) is 5.41 Å². The van der Waals surface area contributed by atoms with Crippen LogP contribution < -0.4 is 5.32 Å². The quantitative estimate of drug-likeness (QED) is 0.687. The minimum atomic E-state index is 0.448. The number of hydrogen-bond donors (Lipinski definition) is 1. The molecule has 0 aliphatic carbocycles. The predicted octanol–water partition coefficient (Wildman–Crippen LogP) is 1.33. The van der Waals surface area contributed by atoms with E-state index < -0.39 is 0 Å². The van der Waals surface area contributed by atoms with Crippen molar-refractivity contribution in [3.63, 3.8) is 0 Å². The number of likely N-dealkylation sites (N-methyl/N-ethyl adjacent to an activating group) is 1. The second kappa shape index (κ2) is 3.75. The molecule has 0 amide bonds. The zero-order valence-electron chi connectivity index (χ0n) is 8.85. The maximum Gasteiger partial charge on any atom is 0.0258 e. The van der Waals surface area contributed by atoms with Gasteiger partial charge in [-0.1, -0.05) is 20.8 Å². The normalized spacial score (nSPS) is 29.5. The fourth-order valence-electron chi connectivity index (χ4n) is 2.09. The highest BCUT2D eigenvalue weighted by Crippen LogP contribution is 2.28. The van der Waals surface area contributed by atoms with E-state index in [-0.39, 0.29) is 0 Å². The Bertz CT molecular complexity index is 143. The zero-order chi connectivity index (χ0) is 9.19. The lowest BCUT2D eigenvalue weighted by atomic mass is 9.88. The van der Waals surface area contributed by atoms with Crippen LogP contribution in [0.15, 0.2) is 0 Å². The molecule has 2 nitrogen and oxygen atoms in total. The first-order valence-electron chi connectivity index (χ1n) is 4.98. The van der Waals surface area contributed by atoms with Crippen LogP contribution >= 0.6 is 0 Å². The van der Waals surface area contributed by atoms with Crippen molar-refractivity contribution >= 4 is 0 Å². The van der Waals surface area contributed by atoms with Crippen molar-refractivity contribution in [3.8, 4) is 0 Å². The van der Waals surface area contributed by atoms with Gasteiger partial charge in [-0.3, -0.25) is 0 Å². The van der Waals surface area contributed by atoms with Gasteiger partial charge in [-0.2, -0.15) is 0 Å². The lowest BCUT2D eigenvalue weighted by molar-refractivity contribution is 0.299. The van der Waals surface area contributed by atoms with E-state index in [1.54, 1.807) is 0 Å². The van der Waals surface area contributed by atoms with Gasteiger partial charge < -0.3 is 10.2 Å². The van der Waals surface area contributed by atoms with Gasteiger partial charge in [-0.25, -0.2) is 0 Å². The molecule has 0 saturated carbocycles. The molecule has 1 atom stereocenters. The summed E-state index contributed by atoms with van der Waals surface area (Å²) in [6.07, 6.45) is 1.23. The fraction of sp³-hybridized carbons (Fsp3) is 1.00. The lowest BCUT2D eigenvalue weighted by Crippen LogP contribution is -2.41. The van der Waals surface area contributed by atoms with Gasteiger partial charge in [0.1, 0.15) is 0 Å².